The molecule has 4 nitrogen and oxygen atoms in total. The van der Waals surface area contributed by atoms with Gasteiger partial charge in [0.15, 0.2) is 0 Å². The van der Waals surface area contributed by atoms with Gasteiger partial charge in [0.2, 0.25) is 10.0 Å². The molecule has 1 fully saturated rings. The predicted octanol–water partition coefficient (Wildman–Crippen LogP) is 2.66. The average Bonchev–Trinajstić information content (AvgIpc) is 2.30. The van der Waals surface area contributed by atoms with Crippen LogP contribution in [0.5, 0.6) is 0 Å². The Balaban J connectivity index is 2.21. The molecule has 3 N–H and O–H groups in total. The highest BCUT2D eigenvalue weighted by molar-refractivity contribution is 7.89. The van der Waals surface area contributed by atoms with Crippen molar-refractivity contribution in [3.8, 4) is 0 Å². The monoisotopic (exact) mass is 300 g/mol. The highest BCUT2D eigenvalue weighted by Gasteiger charge is 2.31. The summed E-state index contributed by atoms with van der Waals surface area (Å²) in [4.78, 5) is -0.180. The third kappa shape index (κ3) is 3.49. The number of halogens is 1. The van der Waals surface area contributed by atoms with Crippen LogP contribution in [0.25, 0.3) is 0 Å². The Hall–Kier alpha value is -1.14. The third-order valence-electron chi connectivity index (χ3n) is 3.79. The van der Waals surface area contributed by atoms with E-state index in [-0.39, 0.29) is 22.0 Å². The Kier molecular flexibility index (Phi) is 4.07. The van der Waals surface area contributed by atoms with Gasteiger partial charge in [-0.05, 0) is 42.9 Å². The molecular formula is C14H21FN2O2S. The van der Waals surface area contributed by atoms with Crippen molar-refractivity contribution in [2.45, 2.75) is 50.5 Å². The van der Waals surface area contributed by atoms with Crippen LogP contribution in [-0.2, 0) is 10.0 Å². The van der Waals surface area contributed by atoms with E-state index < -0.39 is 15.8 Å². The molecule has 0 aliphatic heterocycles. The first-order valence-electron chi connectivity index (χ1n) is 6.77. The maximum Gasteiger partial charge on any atom is 0.242 e. The summed E-state index contributed by atoms with van der Waals surface area (Å²) < 4.78 is 40.5. The fourth-order valence-electron chi connectivity index (χ4n) is 2.82. The van der Waals surface area contributed by atoms with E-state index in [1.807, 2.05) is 0 Å². The molecule has 1 aliphatic carbocycles. The van der Waals surface area contributed by atoms with Gasteiger partial charge >= 0.3 is 0 Å². The quantitative estimate of drug-likeness (QED) is 0.843. The van der Waals surface area contributed by atoms with Crippen molar-refractivity contribution in [3.05, 3.63) is 24.0 Å². The SMILES string of the molecule is CC1(C)CCCC(NS(=O)(=O)c2cc(F)ccc2N)C1. The number of rotatable bonds is 3. The molecule has 1 unspecified atom stereocenters. The molecule has 0 saturated heterocycles. The maximum atomic E-state index is 13.2. The van der Waals surface area contributed by atoms with Gasteiger partial charge in [-0.3, -0.25) is 0 Å². The lowest BCUT2D eigenvalue weighted by molar-refractivity contribution is 0.212. The van der Waals surface area contributed by atoms with Gasteiger partial charge in [0, 0.05) is 6.04 Å². The molecule has 0 spiro atoms. The van der Waals surface area contributed by atoms with Crippen molar-refractivity contribution in [1.29, 1.82) is 0 Å². The van der Waals surface area contributed by atoms with Crippen molar-refractivity contribution < 1.29 is 12.8 Å². The highest BCUT2D eigenvalue weighted by atomic mass is 32.2. The van der Waals surface area contributed by atoms with Crippen LogP contribution in [0, 0.1) is 11.2 Å². The maximum absolute atomic E-state index is 13.2. The molecule has 0 bridgehead atoms. The van der Waals surface area contributed by atoms with Crippen molar-refractivity contribution in [3.63, 3.8) is 0 Å². The van der Waals surface area contributed by atoms with E-state index in [1.54, 1.807) is 0 Å². The van der Waals surface area contributed by atoms with Gasteiger partial charge in [-0.1, -0.05) is 20.3 Å². The van der Waals surface area contributed by atoms with E-state index in [0.29, 0.717) is 0 Å². The highest BCUT2D eigenvalue weighted by Crippen LogP contribution is 2.35. The summed E-state index contributed by atoms with van der Waals surface area (Å²) in [6, 6.07) is 3.27. The average molecular weight is 300 g/mol. The van der Waals surface area contributed by atoms with Crippen LogP contribution in [0.4, 0.5) is 10.1 Å². The van der Waals surface area contributed by atoms with Gasteiger partial charge in [-0.2, -0.15) is 0 Å². The second-order valence-electron chi connectivity index (χ2n) is 6.26. The van der Waals surface area contributed by atoms with Crippen LogP contribution in [0.2, 0.25) is 0 Å². The smallest absolute Gasteiger partial charge is 0.242 e. The van der Waals surface area contributed by atoms with Crippen LogP contribution in [0.15, 0.2) is 23.1 Å². The lowest BCUT2D eigenvalue weighted by Gasteiger charge is -2.35. The van der Waals surface area contributed by atoms with Gasteiger partial charge in [-0.15, -0.1) is 0 Å². The molecule has 0 amide bonds. The van der Waals surface area contributed by atoms with Gasteiger partial charge in [0.05, 0.1) is 5.69 Å². The summed E-state index contributed by atoms with van der Waals surface area (Å²) in [5, 5.41) is 0. The minimum atomic E-state index is -3.78. The molecular weight excluding hydrogens is 279 g/mol. The number of nitrogen functional groups attached to an aromatic ring is 1. The van der Waals surface area contributed by atoms with Gasteiger partial charge < -0.3 is 5.73 Å². The standard InChI is InChI=1S/C14H21FN2O2S/c1-14(2)7-3-4-11(9-14)17-20(18,19)13-8-10(15)5-6-12(13)16/h5-6,8,11,17H,3-4,7,9,16H2,1-2H3. The van der Waals surface area contributed by atoms with Gasteiger partial charge in [0.1, 0.15) is 10.7 Å². The van der Waals surface area contributed by atoms with Crippen LogP contribution < -0.4 is 10.5 Å². The van der Waals surface area contributed by atoms with Crippen molar-refractivity contribution in [2.24, 2.45) is 5.41 Å². The molecule has 6 heteroatoms. The number of sulfonamides is 1. The predicted molar refractivity (Wildman–Crippen MR) is 77.2 cm³/mol. The van der Waals surface area contributed by atoms with Crippen LogP contribution in [0.1, 0.15) is 39.5 Å². The van der Waals surface area contributed by atoms with E-state index in [9.17, 15) is 12.8 Å². The van der Waals surface area contributed by atoms with E-state index in [0.717, 1.165) is 37.8 Å². The summed E-state index contributed by atoms with van der Waals surface area (Å²) >= 11 is 0. The topological polar surface area (TPSA) is 72.2 Å². The lowest BCUT2D eigenvalue weighted by atomic mass is 9.75. The Morgan fingerprint density at radius 2 is 2.10 bits per heavy atom. The first-order valence-corrected chi connectivity index (χ1v) is 8.25. The molecule has 1 aromatic carbocycles. The molecule has 1 saturated carbocycles. The second-order valence-corrected chi connectivity index (χ2v) is 7.94. The first-order chi connectivity index (χ1) is 9.20. The van der Waals surface area contributed by atoms with Crippen LogP contribution in [-0.4, -0.2) is 14.5 Å². The Labute approximate surface area is 119 Å². The van der Waals surface area contributed by atoms with Crippen LogP contribution >= 0.6 is 0 Å². The minimum Gasteiger partial charge on any atom is -0.398 e. The number of benzene rings is 1. The van der Waals surface area contributed by atoms with Crippen molar-refractivity contribution in [1.82, 2.24) is 4.72 Å². The number of hydrogen-bond donors (Lipinski definition) is 2. The molecule has 1 atom stereocenters. The summed E-state index contributed by atoms with van der Waals surface area (Å²) in [7, 11) is -3.78. The molecule has 1 aliphatic rings. The van der Waals surface area contributed by atoms with E-state index in [4.69, 9.17) is 5.73 Å². The summed E-state index contributed by atoms with van der Waals surface area (Å²) in [6.45, 7) is 4.26. The largest absolute Gasteiger partial charge is 0.398 e. The molecule has 20 heavy (non-hydrogen) atoms. The normalized spacial score (nSPS) is 22.6. The fourth-order valence-corrected chi connectivity index (χ4v) is 4.24. The summed E-state index contributed by atoms with van der Waals surface area (Å²) in [5.41, 5.74) is 5.84. The zero-order chi connectivity index (χ0) is 15.0. The Bertz CT molecular complexity index is 599. The minimum absolute atomic E-state index is 0.0639. The number of anilines is 1. The molecule has 0 aromatic heterocycles. The second kappa shape index (κ2) is 5.33. The zero-order valence-corrected chi connectivity index (χ0v) is 12.6. The number of nitrogens with two attached hydrogens (primary N) is 1. The van der Waals surface area contributed by atoms with E-state index in [2.05, 4.69) is 18.6 Å². The lowest BCUT2D eigenvalue weighted by Crippen LogP contribution is -2.40. The number of nitrogens with one attached hydrogen (secondary N) is 1. The van der Waals surface area contributed by atoms with Crippen molar-refractivity contribution >= 4 is 15.7 Å². The zero-order valence-electron chi connectivity index (χ0n) is 11.8. The fraction of sp³-hybridized carbons (Fsp3) is 0.571. The number of hydrogen-bond acceptors (Lipinski definition) is 3. The third-order valence-corrected chi connectivity index (χ3v) is 5.37. The molecule has 2 rings (SSSR count). The molecule has 1 aromatic rings. The Morgan fingerprint density at radius 3 is 2.75 bits per heavy atom. The molecule has 0 heterocycles. The Morgan fingerprint density at radius 1 is 1.40 bits per heavy atom. The van der Waals surface area contributed by atoms with Crippen LogP contribution in [0.3, 0.4) is 0 Å². The summed E-state index contributed by atoms with van der Waals surface area (Å²) in [5.74, 6) is -0.608. The van der Waals surface area contributed by atoms with Gasteiger partial charge in [-0.25, -0.2) is 17.5 Å². The molecule has 112 valence electrons. The van der Waals surface area contributed by atoms with Gasteiger partial charge in [0.25, 0.3) is 0 Å². The molecule has 0 radical (unpaired) electrons. The van der Waals surface area contributed by atoms with E-state index in [1.165, 1.54) is 6.07 Å². The van der Waals surface area contributed by atoms with E-state index >= 15 is 0 Å². The summed E-state index contributed by atoms with van der Waals surface area (Å²) in [6.07, 6.45) is 3.66. The first kappa shape index (κ1) is 15.3. The van der Waals surface area contributed by atoms with Crippen molar-refractivity contribution in [2.75, 3.05) is 5.73 Å².